The molecule has 0 atom stereocenters. The number of para-hydroxylation sites is 4. The molecule has 0 bridgehead atoms. The van der Waals surface area contributed by atoms with Crippen LogP contribution in [0.3, 0.4) is 0 Å². The van der Waals surface area contributed by atoms with Gasteiger partial charge in [-0.25, -0.2) is 9.97 Å². The first-order valence-electron chi connectivity index (χ1n) is 19.1. The van der Waals surface area contributed by atoms with Crippen LogP contribution < -0.4 is 0 Å². The fourth-order valence-electron chi connectivity index (χ4n) is 9.19. The maximum absolute atomic E-state index is 5.62. The third kappa shape index (κ3) is 4.35. The molecule has 3 aromatic heterocycles. The van der Waals surface area contributed by atoms with Gasteiger partial charge in [-0.05, 0) is 52.2 Å². The van der Waals surface area contributed by atoms with Gasteiger partial charge in [0.15, 0.2) is 0 Å². The molecule has 0 unspecified atom stereocenters. The van der Waals surface area contributed by atoms with Gasteiger partial charge in [-0.2, -0.15) is 0 Å². The highest BCUT2D eigenvalue weighted by Crippen LogP contribution is 2.47. The average molecular weight is 713 g/mol. The van der Waals surface area contributed by atoms with Gasteiger partial charge in [-0.15, -0.1) is 0 Å². The Morgan fingerprint density at radius 2 is 0.786 bits per heavy atom. The van der Waals surface area contributed by atoms with E-state index >= 15 is 0 Å². The van der Waals surface area contributed by atoms with Crippen LogP contribution in [-0.4, -0.2) is 19.1 Å². The first-order chi connectivity index (χ1) is 27.8. The summed E-state index contributed by atoms with van der Waals surface area (Å²) in [6, 6.07) is 69.4. The summed E-state index contributed by atoms with van der Waals surface area (Å²) in [6.07, 6.45) is 0. The zero-order valence-electron chi connectivity index (χ0n) is 30.3. The van der Waals surface area contributed by atoms with E-state index in [1.54, 1.807) is 0 Å². The molecular weight excluding hydrogens is 681 g/mol. The Balaban J connectivity index is 1.24. The number of benzene rings is 9. The highest BCUT2D eigenvalue weighted by atomic mass is 15.2. The Labute approximate surface area is 322 Å². The van der Waals surface area contributed by atoms with E-state index in [0.717, 1.165) is 49.7 Å². The first kappa shape index (κ1) is 30.9. The Morgan fingerprint density at radius 3 is 1.45 bits per heavy atom. The number of aromatic nitrogens is 4. The second kappa shape index (κ2) is 12.0. The van der Waals surface area contributed by atoms with Crippen LogP contribution in [0.25, 0.3) is 110 Å². The summed E-state index contributed by atoms with van der Waals surface area (Å²) in [6.45, 7) is 0. The number of nitrogens with zero attached hydrogens (tertiary/aromatic N) is 4. The van der Waals surface area contributed by atoms with E-state index in [4.69, 9.17) is 9.97 Å². The summed E-state index contributed by atoms with van der Waals surface area (Å²) < 4.78 is 4.75. The van der Waals surface area contributed by atoms with Crippen LogP contribution in [0.5, 0.6) is 0 Å². The number of rotatable bonds is 4. The molecule has 0 aliphatic heterocycles. The summed E-state index contributed by atoms with van der Waals surface area (Å²) in [4.78, 5) is 11.0. The largest absolute Gasteiger partial charge is 0.309 e. The molecule has 3 heterocycles. The van der Waals surface area contributed by atoms with Gasteiger partial charge in [-0.1, -0.05) is 164 Å². The summed E-state index contributed by atoms with van der Waals surface area (Å²) in [5.74, 6) is 0.650. The number of fused-ring (bicyclic) bond motifs is 12. The third-order valence-corrected chi connectivity index (χ3v) is 11.5. The van der Waals surface area contributed by atoms with Crippen molar-refractivity contribution >= 4 is 76.1 Å². The number of hydrogen-bond acceptors (Lipinski definition) is 2. The molecule has 0 aliphatic rings. The first-order valence-corrected chi connectivity index (χ1v) is 19.1. The predicted octanol–water partition coefficient (Wildman–Crippen LogP) is 13.5. The average Bonchev–Trinajstić information content (AvgIpc) is 3.80. The van der Waals surface area contributed by atoms with Crippen LogP contribution in [0, 0.1) is 0 Å². The highest BCUT2D eigenvalue weighted by molar-refractivity contribution is 6.37. The third-order valence-electron chi connectivity index (χ3n) is 11.5. The van der Waals surface area contributed by atoms with E-state index in [-0.39, 0.29) is 0 Å². The quantitative estimate of drug-likeness (QED) is 0.182. The summed E-state index contributed by atoms with van der Waals surface area (Å²) in [5.41, 5.74) is 11.0. The molecule has 9 aromatic carbocycles. The van der Waals surface area contributed by atoms with Gasteiger partial charge in [0.1, 0.15) is 0 Å². The summed E-state index contributed by atoms with van der Waals surface area (Å²) in [7, 11) is 0. The fraction of sp³-hybridized carbons (Fsp3) is 0. The molecule has 0 amide bonds. The van der Waals surface area contributed by atoms with Crippen molar-refractivity contribution in [2.24, 2.45) is 0 Å². The van der Waals surface area contributed by atoms with Crippen molar-refractivity contribution in [3.05, 3.63) is 194 Å². The summed E-state index contributed by atoms with van der Waals surface area (Å²) >= 11 is 0. The normalized spacial score (nSPS) is 11.9. The Bertz CT molecular complexity index is 3520. The molecular formula is C52H32N4. The van der Waals surface area contributed by atoms with Crippen LogP contribution in [0.2, 0.25) is 0 Å². The van der Waals surface area contributed by atoms with Crippen LogP contribution in [-0.2, 0) is 0 Å². The summed E-state index contributed by atoms with van der Waals surface area (Å²) in [5, 5.41) is 10.5. The lowest BCUT2D eigenvalue weighted by Crippen LogP contribution is -2.04. The maximum atomic E-state index is 5.62. The van der Waals surface area contributed by atoms with Crippen molar-refractivity contribution in [2.45, 2.75) is 0 Å². The van der Waals surface area contributed by atoms with E-state index < -0.39 is 0 Å². The molecule has 12 rings (SSSR count). The van der Waals surface area contributed by atoms with Gasteiger partial charge in [0.25, 0.3) is 0 Å². The van der Waals surface area contributed by atoms with Gasteiger partial charge in [0.05, 0.1) is 33.3 Å². The zero-order chi connectivity index (χ0) is 36.7. The SMILES string of the molecule is c1ccc(-c2ccc(-c3nc(-n4c5ccccc5c5c6c7ccccc7n(-c7ccccc7)c6c6ccccc6c54)nc4ccccc34)c3ccccc23)cc1. The van der Waals surface area contributed by atoms with Gasteiger partial charge < -0.3 is 4.57 Å². The van der Waals surface area contributed by atoms with Crippen molar-refractivity contribution in [3.8, 4) is 34.0 Å². The van der Waals surface area contributed by atoms with Gasteiger partial charge in [0, 0.05) is 49.0 Å². The highest BCUT2D eigenvalue weighted by Gasteiger charge is 2.25. The lowest BCUT2D eigenvalue weighted by molar-refractivity contribution is 1.02. The second-order valence-electron chi connectivity index (χ2n) is 14.5. The van der Waals surface area contributed by atoms with E-state index in [1.165, 1.54) is 54.5 Å². The van der Waals surface area contributed by atoms with Crippen molar-refractivity contribution in [3.63, 3.8) is 0 Å². The van der Waals surface area contributed by atoms with E-state index in [2.05, 4.69) is 203 Å². The minimum absolute atomic E-state index is 0.650. The van der Waals surface area contributed by atoms with Crippen LogP contribution in [0.1, 0.15) is 0 Å². The molecule has 0 aliphatic carbocycles. The maximum Gasteiger partial charge on any atom is 0.235 e. The molecule has 260 valence electrons. The molecule has 0 saturated heterocycles. The molecule has 4 heteroatoms. The van der Waals surface area contributed by atoms with Gasteiger partial charge in [0.2, 0.25) is 5.95 Å². The molecule has 4 nitrogen and oxygen atoms in total. The molecule has 0 N–H and O–H groups in total. The Kier molecular flexibility index (Phi) is 6.60. The van der Waals surface area contributed by atoms with Gasteiger partial charge >= 0.3 is 0 Å². The standard InChI is InChI=1S/C52H32N4/c1-3-17-33(18-4-1)35-31-32-38(37-22-8-7-21-36(35)37)49-41-25-11-14-28-44(41)53-52(54-49)56-46-30-16-13-27-43(46)48-47-42-26-12-15-29-45(42)55(34-19-5-2-6-20-34)50(47)39-23-9-10-24-40(39)51(48)56/h1-32H. The molecule has 0 spiro atoms. The van der Waals surface area contributed by atoms with E-state index in [9.17, 15) is 0 Å². The molecule has 0 saturated carbocycles. The second-order valence-corrected chi connectivity index (χ2v) is 14.5. The Morgan fingerprint density at radius 1 is 0.321 bits per heavy atom. The van der Waals surface area contributed by atoms with Crippen molar-refractivity contribution < 1.29 is 0 Å². The van der Waals surface area contributed by atoms with Crippen LogP contribution >= 0.6 is 0 Å². The lowest BCUT2D eigenvalue weighted by Gasteiger charge is -2.16. The minimum atomic E-state index is 0.650. The Hall–Kier alpha value is -7.56. The smallest absolute Gasteiger partial charge is 0.235 e. The molecule has 56 heavy (non-hydrogen) atoms. The fourth-order valence-corrected chi connectivity index (χ4v) is 9.19. The van der Waals surface area contributed by atoms with Crippen LogP contribution in [0.15, 0.2) is 194 Å². The number of hydrogen-bond donors (Lipinski definition) is 0. The predicted molar refractivity (Wildman–Crippen MR) is 234 cm³/mol. The monoisotopic (exact) mass is 712 g/mol. The molecule has 0 fully saturated rings. The van der Waals surface area contributed by atoms with Crippen molar-refractivity contribution in [2.75, 3.05) is 0 Å². The zero-order valence-corrected chi connectivity index (χ0v) is 30.3. The van der Waals surface area contributed by atoms with E-state index in [0.29, 0.717) is 5.95 Å². The minimum Gasteiger partial charge on any atom is -0.309 e. The van der Waals surface area contributed by atoms with Crippen molar-refractivity contribution in [1.29, 1.82) is 0 Å². The lowest BCUT2D eigenvalue weighted by atomic mass is 9.93. The molecule has 12 aromatic rings. The van der Waals surface area contributed by atoms with Crippen molar-refractivity contribution in [1.82, 2.24) is 19.1 Å². The van der Waals surface area contributed by atoms with E-state index in [1.807, 2.05) is 0 Å². The topological polar surface area (TPSA) is 35.6 Å². The molecule has 0 radical (unpaired) electrons. The van der Waals surface area contributed by atoms with Crippen LogP contribution in [0.4, 0.5) is 0 Å². The van der Waals surface area contributed by atoms with Gasteiger partial charge in [-0.3, -0.25) is 4.57 Å².